The number of nitrogens with zero attached hydrogens (tertiary/aromatic N) is 1. The lowest BCUT2D eigenvalue weighted by Gasteiger charge is -2.50. The first-order valence-electron chi connectivity index (χ1n) is 11.7. The molecule has 0 bridgehead atoms. The fraction of sp³-hybridized carbons (Fsp3) is 0.556. The van der Waals surface area contributed by atoms with Gasteiger partial charge in [0.2, 0.25) is 0 Å². The number of unbranched alkanes of at least 4 members (excludes halogenated alkanes) is 2. The van der Waals surface area contributed by atoms with Crippen LogP contribution in [0.5, 0.6) is 5.75 Å². The molecular formula is C27H42NO2+. The van der Waals surface area contributed by atoms with E-state index in [9.17, 15) is 0 Å². The average Bonchev–Trinajstić information content (AvgIpc) is 2.77. The van der Waals surface area contributed by atoms with Gasteiger partial charge in [-0.1, -0.05) is 75.2 Å². The molecule has 0 aliphatic carbocycles. The molecule has 0 unspecified atom stereocenters. The van der Waals surface area contributed by atoms with Crippen LogP contribution >= 0.6 is 0 Å². The minimum atomic E-state index is 0.136. The summed E-state index contributed by atoms with van der Waals surface area (Å²) in [5.74, 6) is 0.902. The lowest BCUT2D eigenvalue weighted by Crippen LogP contribution is -2.58. The Balaban J connectivity index is 2.00. The molecule has 3 heteroatoms. The van der Waals surface area contributed by atoms with E-state index in [1.165, 1.54) is 44.1 Å². The summed E-state index contributed by atoms with van der Waals surface area (Å²) in [6.07, 6.45) is 7.41. The third-order valence-electron chi connectivity index (χ3n) is 6.39. The minimum absolute atomic E-state index is 0.136. The Hall–Kier alpha value is -1.84. The van der Waals surface area contributed by atoms with Gasteiger partial charge in [-0.25, -0.2) is 0 Å². The van der Waals surface area contributed by atoms with Crippen molar-refractivity contribution in [2.24, 2.45) is 0 Å². The Kier molecular flexibility index (Phi) is 10.4. The molecule has 0 heterocycles. The Labute approximate surface area is 184 Å². The molecule has 0 fully saturated rings. The molecule has 3 nitrogen and oxygen atoms in total. The molecule has 0 aromatic heterocycles. The highest BCUT2D eigenvalue weighted by Crippen LogP contribution is 2.42. The molecule has 0 spiro atoms. The maximum atomic E-state index is 5.99. The van der Waals surface area contributed by atoms with E-state index >= 15 is 0 Å². The number of para-hydroxylation sites is 1. The predicted octanol–water partition coefficient (Wildman–Crippen LogP) is 6.43. The van der Waals surface area contributed by atoms with Crippen LogP contribution in [-0.4, -0.2) is 44.9 Å². The highest BCUT2D eigenvalue weighted by atomic mass is 16.5. The van der Waals surface area contributed by atoms with Crippen molar-refractivity contribution in [2.75, 3.05) is 40.5 Å². The van der Waals surface area contributed by atoms with E-state index in [0.29, 0.717) is 13.2 Å². The lowest BCUT2D eigenvalue weighted by molar-refractivity contribution is -0.951. The van der Waals surface area contributed by atoms with Crippen LogP contribution < -0.4 is 4.74 Å². The smallest absolute Gasteiger partial charge is 0.124 e. The van der Waals surface area contributed by atoms with E-state index in [2.05, 4.69) is 58.3 Å². The van der Waals surface area contributed by atoms with Crippen molar-refractivity contribution < 1.29 is 14.0 Å². The standard InChI is InChI=1S/C27H42NO2/c1-5-7-19-27(20-8-6-2,25-15-11-9-12-16-25)28(3,4)21-22-29-23-24-30-26-17-13-10-14-18-26/h9-18H,5-8,19-24H2,1-4H3/q+1. The average molecular weight is 413 g/mol. The fourth-order valence-corrected chi connectivity index (χ4v) is 4.40. The molecule has 0 amide bonds. The first kappa shape index (κ1) is 24.4. The second-order valence-electron chi connectivity index (χ2n) is 8.79. The number of likely N-dealkylation sites (N-methyl/N-ethyl adjacent to an activating group) is 1. The quantitative estimate of drug-likeness (QED) is 0.248. The van der Waals surface area contributed by atoms with Gasteiger partial charge in [0.25, 0.3) is 0 Å². The zero-order chi connectivity index (χ0) is 21.7. The molecule has 2 rings (SSSR count). The Morgan fingerprint density at radius 3 is 1.87 bits per heavy atom. The topological polar surface area (TPSA) is 18.5 Å². The fourth-order valence-electron chi connectivity index (χ4n) is 4.40. The monoisotopic (exact) mass is 412 g/mol. The SMILES string of the molecule is CCCCC(CCCC)(c1ccccc1)[N+](C)(C)CCOCCOc1ccccc1. The number of hydrogen-bond acceptors (Lipinski definition) is 2. The number of ether oxygens (including phenoxy) is 2. The van der Waals surface area contributed by atoms with Crippen LogP contribution in [0, 0.1) is 0 Å². The lowest BCUT2D eigenvalue weighted by atomic mass is 9.77. The minimum Gasteiger partial charge on any atom is -0.491 e. The van der Waals surface area contributed by atoms with Crippen LogP contribution in [0.4, 0.5) is 0 Å². The van der Waals surface area contributed by atoms with Crippen molar-refractivity contribution in [1.29, 1.82) is 0 Å². The van der Waals surface area contributed by atoms with Gasteiger partial charge in [-0.15, -0.1) is 0 Å². The molecule has 166 valence electrons. The zero-order valence-corrected chi connectivity index (χ0v) is 19.6. The van der Waals surface area contributed by atoms with Crippen molar-refractivity contribution in [3.63, 3.8) is 0 Å². The van der Waals surface area contributed by atoms with Crippen molar-refractivity contribution >= 4 is 0 Å². The third-order valence-corrected chi connectivity index (χ3v) is 6.39. The van der Waals surface area contributed by atoms with Gasteiger partial charge >= 0.3 is 0 Å². The highest BCUT2D eigenvalue weighted by Gasteiger charge is 2.45. The normalized spacial score (nSPS) is 12.1. The summed E-state index contributed by atoms with van der Waals surface area (Å²) < 4.78 is 12.7. The van der Waals surface area contributed by atoms with Gasteiger partial charge in [0.05, 0.1) is 27.3 Å². The maximum Gasteiger partial charge on any atom is 0.124 e. The van der Waals surface area contributed by atoms with Crippen molar-refractivity contribution in [3.8, 4) is 5.75 Å². The third kappa shape index (κ3) is 6.85. The molecular weight excluding hydrogens is 370 g/mol. The van der Waals surface area contributed by atoms with E-state index in [1.807, 2.05) is 30.3 Å². The highest BCUT2D eigenvalue weighted by molar-refractivity contribution is 5.23. The van der Waals surface area contributed by atoms with E-state index in [-0.39, 0.29) is 5.54 Å². The Morgan fingerprint density at radius 1 is 0.733 bits per heavy atom. The van der Waals surface area contributed by atoms with Crippen LogP contribution in [0.25, 0.3) is 0 Å². The summed E-state index contributed by atoms with van der Waals surface area (Å²) >= 11 is 0. The number of quaternary nitrogens is 1. The van der Waals surface area contributed by atoms with Gasteiger partial charge in [-0.05, 0) is 25.0 Å². The molecule has 0 aliphatic rings. The molecule has 0 saturated carbocycles. The molecule has 2 aromatic rings. The summed E-state index contributed by atoms with van der Waals surface area (Å²) in [6, 6.07) is 21.1. The van der Waals surface area contributed by atoms with Crippen LogP contribution in [0.1, 0.15) is 57.9 Å². The Morgan fingerprint density at radius 2 is 1.30 bits per heavy atom. The van der Waals surface area contributed by atoms with Gasteiger partial charge < -0.3 is 14.0 Å². The first-order valence-corrected chi connectivity index (χ1v) is 11.7. The number of rotatable bonds is 15. The van der Waals surface area contributed by atoms with Crippen LogP contribution in [0.15, 0.2) is 60.7 Å². The van der Waals surface area contributed by atoms with Gasteiger partial charge in [-0.2, -0.15) is 0 Å². The van der Waals surface area contributed by atoms with E-state index < -0.39 is 0 Å². The first-order chi connectivity index (χ1) is 14.6. The van der Waals surface area contributed by atoms with Gasteiger partial charge in [0.15, 0.2) is 0 Å². The molecule has 0 atom stereocenters. The largest absolute Gasteiger partial charge is 0.491 e. The molecule has 0 saturated heterocycles. The van der Waals surface area contributed by atoms with Gasteiger partial charge in [0, 0.05) is 18.4 Å². The second-order valence-corrected chi connectivity index (χ2v) is 8.79. The summed E-state index contributed by atoms with van der Waals surface area (Å²) in [5, 5.41) is 0. The van der Waals surface area contributed by atoms with Gasteiger partial charge in [0.1, 0.15) is 24.4 Å². The van der Waals surface area contributed by atoms with Crippen molar-refractivity contribution in [2.45, 2.75) is 57.9 Å². The Bertz CT molecular complexity index is 677. The summed E-state index contributed by atoms with van der Waals surface area (Å²) in [6.45, 7) is 7.55. The maximum absolute atomic E-state index is 5.99. The van der Waals surface area contributed by atoms with Crippen molar-refractivity contribution in [3.05, 3.63) is 66.2 Å². The van der Waals surface area contributed by atoms with E-state index in [1.54, 1.807) is 0 Å². The predicted molar refractivity (Wildman–Crippen MR) is 127 cm³/mol. The van der Waals surface area contributed by atoms with E-state index in [4.69, 9.17) is 9.47 Å². The number of benzene rings is 2. The molecule has 30 heavy (non-hydrogen) atoms. The summed E-state index contributed by atoms with van der Waals surface area (Å²) in [5.41, 5.74) is 1.61. The van der Waals surface area contributed by atoms with Crippen LogP contribution in [-0.2, 0) is 10.3 Å². The zero-order valence-electron chi connectivity index (χ0n) is 19.6. The molecule has 0 aliphatic heterocycles. The molecule has 2 aromatic carbocycles. The second kappa shape index (κ2) is 12.8. The summed E-state index contributed by atoms with van der Waals surface area (Å²) in [4.78, 5) is 0. The summed E-state index contributed by atoms with van der Waals surface area (Å²) in [7, 11) is 4.78. The molecule has 0 N–H and O–H groups in total. The number of hydrogen-bond donors (Lipinski definition) is 0. The van der Waals surface area contributed by atoms with Crippen LogP contribution in [0.2, 0.25) is 0 Å². The van der Waals surface area contributed by atoms with Crippen molar-refractivity contribution in [1.82, 2.24) is 0 Å². The van der Waals surface area contributed by atoms with Crippen LogP contribution in [0.3, 0.4) is 0 Å². The van der Waals surface area contributed by atoms with E-state index in [0.717, 1.165) is 23.4 Å². The van der Waals surface area contributed by atoms with Gasteiger partial charge in [-0.3, -0.25) is 0 Å². The molecule has 0 radical (unpaired) electrons.